The molecular weight excluding hydrogens is 394 g/mol. The molecule has 0 spiro atoms. The van der Waals surface area contributed by atoms with Crippen LogP contribution in [0.5, 0.6) is 0 Å². The molecule has 3 rings (SSSR count). The Morgan fingerprint density at radius 2 is 1.69 bits per heavy atom. The van der Waals surface area contributed by atoms with E-state index in [1.165, 1.54) is 30.5 Å². The fourth-order valence-corrected chi connectivity index (χ4v) is 4.24. The summed E-state index contributed by atoms with van der Waals surface area (Å²) in [5.74, 6) is 0.326. The lowest BCUT2D eigenvalue weighted by Gasteiger charge is -2.11. The summed E-state index contributed by atoms with van der Waals surface area (Å²) < 4.78 is 32.1. The van der Waals surface area contributed by atoms with Gasteiger partial charge in [0.05, 0.1) is 17.7 Å². The molecule has 1 aliphatic carbocycles. The summed E-state index contributed by atoms with van der Waals surface area (Å²) in [5, 5.41) is 5.55. The van der Waals surface area contributed by atoms with Gasteiger partial charge in [0.25, 0.3) is 5.91 Å². The van der Waals surface area contributed by atoms with E-state index in [0.29, 0.717) is 24.4 Å². The Hall–Kier alpha value is -2.65. The van der Waals surface area contributed by atoms with E-state index in [2.05, 4.69) is 15.4 Å². The molecular formula is C20H25N3O5S. The fraction of sp³-hybridized carbons (Fsp3) is 0.400. The molecule has 1 heterocycles. The van der Waals surface area contributed by atoms with Crippen LogP contribution < -0.4 is 15.4 Å². The lowest BCUT2D eigenvalue weighted by Crippen LogP contribution is -2.37. The van der Waals surface area contributed by atoms with Crippen LogP contribution in [-0.2, 0) is 21.4 Å². The van der Waals surface area contributed by atoms with E-state index in [4.69, 9.17) is 4.42 Å². The number of benzene rings is 1. The van der Waals surface area contributed by atoms with Crippen molar-refractivity contribution in [3.8, 4) is 0 Å². The molecule has 0 radical (unpaired) electrons. The molecule has 1 aromatic carbocycles. The molecule has 1 aromatic heterocycles. The van der Waals surface area contributed by atoms with Crippen molar-refractivity contribution in [3.63, 3.8) is 0 Å². The van der Waals surface area contributed by atoms with Gasteiger partial charge in [-0.3, -0.25) is 9.59 Å². The third-order valence-corrected chi connectivity index (χ3v) is 6.30. The number of sulfonamides is 1. The first-order valence-electron chi connectivity index (χ1n) is 9.64. The Kier molecular flexibility index (Phi) is 7.05. The number of furan rings is 1. The van der Waals surface area contributed by atoms with Gasteiger partial charge >= 0.3 is 0 Å². The highest BCUT2D eigenvalue weighted by Gasteiger charge is 2.22. The van der Waals surface area contributed by atoms with E-state index in [-0.39, 0.29) is 29.2 Å². The van der Waals surface area contributed by atoms with Crippen molar-refractivity contribution >= 4 is 21.8 Å². The minimum Gasteiger partial charge on any atom is -0.468 e. The smallest absolute Gasteiger partial charge is 0.251 e. The molecule has 1 aliphatic rings. The van der Waals surface area contributed by atoms with Crippen LogP contribution in [0.4, 0.5) is 0 Å². The van der Waals surface area contributed by atoms with E-state index < -0.39 is 10.0 Å². The van der Waals surface area contributed by atoms with Gasteiger partial charge in [0, 0.05) is 24.6 Å². The van der Waals surface area contributed by atoms with Crippen molar-refractivity contribution in [2.75, 3.05) is 13.1 Å². The maximum Gasteiger partial charge on any atom is 0.251 e. The van der Waals surface area contributed by atoms with E-state index in [9.17, 15) is 18.0 Å². The highest BCUT2D eigenvalue weighted by molar-refractivity contribution is 7.89. The maximum atomic E-state index is 12.3. The summed E-state index contributed by atoms with van der Waals surface area (Å²) in [6, 6.07) is 9.01. The van der Waals surface area contributed by atoms with Crippen LogP contribution in [0.15, 0.2) is 52.0 Å². The summed E-state index contributed by atoms with van der Waals surface area (Å²) in [5.41, 5.74) is 0.345. The summed E-state index contributed by atoms with van der Waals surface area (Å²) in [7, 11) is -3.71. The quantitative estimate of drug-likeness (QED) is 0.536. The lowest BCUT2D eigenvalue weighted by molar-refractivity contribution is -0.124. The van der Waals surface area contributed by atoms with Gasteiger partial charge in [-0.05, 0) is 49.2 Å². The molecule has 1 fully saturated rings. The molecule has 9 heteroatoms. The van der Waals surface area contributed by atoms with Crippen molar-refractivity contribution in [1.82, 2.24) is 15.4 Å². The van der Waals surface area contributed by atoms with E-state index in [1.54, 1.807) is 12.1 Å². The van der Waals surface area contributed by atoms with Crippen LogP contribution in [0.25, 0.3) is 0 Å². The minimum atomic E-state index is -3.71. The number of carbonyl (C=O) groups is 2. The number of amides is 2. The summed E-state index contributed by atoms with van der Waals surface area (Å²) in [4.78, 5) is 24.2. The predicted octanol–water partition coefficient (Wildman–Crippen LogP) is 1.79. The zero-order valence-corrected chi connectivity index (χ0v) is 16.8. The molecule has 2 aromatic rings. The normalized spacial score (nSPS) is 14.6. The van der Waals surface area contributed by atoms with E-state index in [0.717, 1.165) is 25.7 Å². The number of hydrogen-bond donors (Lipinski definition) is 3. The van der Waals surface area contributed by atoms with Gasteiger partial charge in [-0.1, -0.05) is 12.8 Å². The van der Waals surface area contributed by atoms with Crippen LogP contribution in [0.1, 0.15) is 41.8 Å². The number of carbonyl (C=O) groups excluding carboxylic acids is 2. The standard InChI is InChI=1S/C20H25N3O5S/c24-19(15-4-1-2-5-15)21-11-12-22-20(25)16-7-9-18(10-8-16)29(26,27)23-14-17-6-3-13-28-17/h3,6-10,13,15,23H,1-2,4-5,11-12,14H2,(H,21,24)(H,22,25). The van der Waals surface area contributed by atoms with E-state index in [1.807, 2.05) is 0 Å². The highest BCUT2D eigenvalue weighted by atomic mass is 32.2. The van der Waals surface area contributed by atoms with Gasteiger partial charge in [0.2, 0.25) is 15.9 Å². The van der Waals surface area contributed by atoms with Crippen molar-refractivity contribution in [2.24, 2.45) is 5.92 Å². The third-order valence-electron chi connectivity index (χ3n) is 4.88. The lowest BCUT2D eigenvalue weighted by atomic mass is 10.1. The summed E-state index contributed by atoms with van der Waals surface area (Å²) in [6.45, 7) is 0.719. The molecule has 0 unspecified atom stereocenters. The Morgan fingerprint density at radius 1 is 1.00 bits per heavy atom. The molecule has 29 heavy (non-hydrogen) atoms. The van der Waals surface area contributed by atoms with Crippen LogP contribution >= 0.6 is 0 Å². The average molecular weight is 420 g/mol. The summed E-state index contributed by atoms with van der Waals surface area (Å²) in [6.07, 6.45) is 5.53. The van der Waals surface area contributed by atoms with Crippen LogP contribution in [0.3, 0.4) is 0 Å². The first-order valence-corrected chi connectivity index (χ1v) is 11.1. The van der Waals surface area contributed by atoms with Crippen LogP contribution in [0.2, 0.25) is 0 Å². The summed E-state index contributed by atoms with van der Waals surface area (Å²) >= 11 is 0. The largest absolute Gasteiger partial charge is 0.468 e. The molecule has 8 nitrogen and oxygen atoms in total. The first-order chi connectivity index (χ1) is 14.0. The Balaban J connectivity index is 1.44. The van der Waals surface area contributed by atoms with Crippen molar-refractivity contribution in [2.45, 2.75) is 37.1 Å². The Bertz CT molecular complexity index is 918. The SMILES string of the molecule is O=C(NCCNC(=O)C1CCCC1)c1ccc(S(=O)(=O)NCc2ccco2)cc1. The van der Waals surface area contributed by atoms with Gasteiger partial charge < -0.3 is 15.1 Å². The molecule has 0 aliphatic heterocycles. The van der Waals surface area contributed by atoms with Crippen molar-refractivity contribution in [3.05, 3.63) is 54.0 Å². The molecule has 156 valence electrons. The van der Waals surface area contributed by atoms with Crippen LogP contribution in [0, 0.1) is 5.92 Å². The van der Waals surface area contributed by atoms with Gasteiger partial charge in [0.15, 0.2) is 0 Å². The van der Waals surface area contributed by atoms with E-state index >= 15 is 0 Å². The molecule has 0 saturated heterocycles. The second-order valence-corrected chi connectivity index (χ2v) is 8.72. The molecule has 1 saturated carbocycles. The van der Waals surface area contributed by atoms with Gasteiger partial charge in [0.1, 0.15) is 5.76 Å². The Labute approximate surface area is 170 Å². The topological polar surface area (TPSA) is 118 Å². The molecule has 0 atom stereocenters. The van der Waals surface area contributed by atoms with Gasteiger partial charge in [-0.15, -0.1) is 0 Å². The second kappa shape index (κ2) is 9.71. The zero-order valence-electron chi connectivity index (χ0n) is 16.0. The third kappa shape index (κ3) is 5.91. The maximum absolute atomic E-state index is 12.3. The van der Waals surface area contributed by atoms with Crippen LogP contribution in [-0.4, -0.2) is 33.3 Å². The monoisotopic (exact) mass is 419 g/mol. The average Bonchev–Trinajstić information content (AvgIpc) is 3.43. The van der Waals surface area contributed by atoms with Crippen molar-refractivity contribution in [1.29, 1.82) is 0 Å². The second-order valence-electron chi connectivity index (χ2n) is 6.96. The Morgan fingerprint density at radius 3 is 2.34 bits per heavy atom. The fourth-order valence-electron chi connectivity index (χ4n) is 3.24. The number of nitrogens with one attached hydrogen (secondary N) is 3. The van der Waals surface area contributed by atoms with Crippen molar-refractivity contribution < 1.29 is 22.4 Å². The minimum absolute atomic E-state index is 0.0458. The number of hydrogen-bond acceptors (Lipinski definition) is 5. The van der Waals surface area contributed by atoms with Gasteiger partial charge in [-0.2, -0.15) is 0 Å². The molecule has 0 bridgehead atoms. The first kappa shape index (κ1) is 21.1. The molecule has 3 N–H and O–H groups in total. The highest BCUT2D eigenvalue weighted by Crippen LogP contribution is 2.24. The van der Waals surface area contributed by atoms with Gasteiger partial charge in [-0.25, -0.2) is 13.1 Å². The zero-order chi connectivity index (χ0) is 20.7. The number of rotatable bonds is 9. The predicted molar refractivity (Wildman–Crippen MR) is 106 cm³/mol. The molecule has 2 amide bonds.